The van der Waals surface area contributed by atoms with Crippen LogP contribution in [0.5, 0.6) is 5.75 Å². The Bertz CT molecular complexity index is 1370. The van der Waals surface area contributed by atoms with Gasteiger partial charge in [-0.2, -0.15) is 0 Å². The molecule has 8 nitrogen and oxygen atoms in total. The van der Waals surface area contributed by atoms with Gasteiger partial charge in [-0.15, -0.1) is 24.9 Å². The van der Waals surface area contributed by atoms with Crippen LogP contribution in [-0.2, 0) is 14.4 Å². The first-order chi connectivity index (χ1) is 22.4. The van der Waals surface area contributed by atoms with E-state index in [-0.39, 0.29) is 42.2 Å². The highest BCUT2D eigenvalue weighted by atomic mass is 32.2. The van der Waals surface area contributed by atoms with Crippen LogP contribution in [0, 0.1) is 23.2 Å². The minimum absolute atomic E-state index is 0.0541. The summed E-state index contributed by atoms with van der Waals surface area (Å²) in [4.78, 5) is 50.5. The van der Waals surface area contributed by atoms with E-state index in [4.69, 9.17) is 4.74 Å². The molecule has 2 bridgehead atoms. The van der Waals surface area contributed by atoms with Gasteiger partial charge in [0.15, 0.2) is 0 Å². The molecule has 1 N–H and O–H groups in total. The highest BCUT2D eigenvalue weighted by molar-refractivity contribution is 8.02. The zero-order valence-corrected chi connectivity index (χ0v) is 31.6. The molecule has 1 aromatic carbocycles. The zero-order chi connectivity index (χ0) is 35.8. The van der Waals surface area contributed by atoms with Crippen molar-refractivity contribution in [2.45, 2.75) is 115 Å². The molecule has 3 saturated heterocycles. The number of hydrogen-bond acceptors (Lipinski definition) is 6. The van der Waals surface area contributed by atoms with Crippen LogP contribution in [0.2, 0.25) is 0 Å². The second kappa shape index (κ2) is 14.2. The number of aliphatic hydroxyl groups excluding tert-OH is 1. The summed E-state index contributed by atoms with van der Waals surface area (Å²) in [6, 6.07) is 6.09. The van der Waals surface area contributed by atoms with Crippen molar-refractivity contribution in [2.24, 2.45) is 23.2 Å². The van der Waals surface area contributed by atoms with E-state index >= 15 is 9.59 Å². The molecule has 1 spiro atoms. The molecule has 6 atom stereocenters. The lowest BCUT2D eigenvalue weighted by Gasteiger charge is -2.46. The quantitative estimate of drug-likeness (QED) is 0.207. The molecule has 0 aliphatic carbocycles. The van der Waals surface area contributed by atoms with Gasteiger partial charge in [-0.05, 0) is 89.0 Å². The summed E-state index contributed by atoms with van der Waals surface area (Å²) in [6.07, 6.45) is 6.12. The lowest BCUT2D eigenvalue weighted by atomic mass is 9.66. The van der Waals surface area contributed by atoms with Crippen molar-refractivity contribution in [3.63, 3.8) is 0 Å². The fourth-order valence-electron chi connectivity index (χ4n) is 9.05. The average Bonchev–Trinajstić information content (AvgIpc) is 3.56. The standard InChI is InChI=1S/C39H59N3O5S/c1-12-21-40(27-15-17-29(18-16-27)47-14-3)33(44)30-31-34(45)42(28(24-43)23-26(4)5)32(39(31)20-19-38(30,11)48-39)35(46)41(22-13-2)37(9,10)25-36(6,7)8/h12-13,15-18,26,28,30-32,43H,1-2,14,19-25H2,3-11H3/t28-,30+,31+,32?,38-,39?/m1/s1. The topological polar surface area (TPSA) is 90.4 Å². The van der Waals surface area contributed by atoms with Gasteiger partial charge >= 0.3 is 0 Å². The van der Waals surface area contributed by atoms with Crippen LogP contribution >= 0.6 is 11.8 Å². The number of thioether (sulfide) groups is 1. The number of fused-ring (bicyclic) bond motifs is 1. The van der Waals surface area contributed by atoms with Gasteiger partial charge in [-0.1, -0.05) is 46.8 Å². The number of anilines is 1. The summed E-state index contributed by atoms with van der Waals surface area (Å²) in [6.45, 7) is 27.7. The van der Waals surface area contributed by atoms with Crippen molar-refractivity contribution >= 4 is 35.2 Å². The smallest absolute Gasteiger partial charge is 0.247 e. The number of amides is 3. The molecule has 48 heavy (non-hydrogen) atoms. The number of ether oxygens (including phenoxy) is 1. The predicted octanol–water partition coefficient (Wildman–Crippen LogP) is 6.72. The lowest BCUT2D eigenvalue weighted by Crippen LogP contribution is -2.61. The molecule has 2 unspecified atom stereocenters. The van der Waals surface area contributed by atoms with Crippen molar-refractivity contribution < 1.29 is 24.2 Å². The van der Waals surface area contributed by atoms with E-state index < -0.39 is 39.0 Å². The van der Waals surface area contributed by atoms with Gasteiger partial charge < -0.3 is 24.5 Å². The first-order valence-electron chi connectivity index (χ1n) is 17.6. The Morgan fingerprint density at radius 3 is 2.23 bits per heavy atom. The van der Waals surface area contributed by atoms with E-state index in [9.17, 15) is 9.90 Å². The van der Waals surface area contributed by atoms with E-state index in [0.717, 1.165) is 12.2 Å². The maximum atomic E-state index is 15.2. The van der Waals surface area contributed by atoms with Gasteiger partial charge in [0.25, 0.3) is 0 Å². The van der Waals surface area contributed by atoms with Gasteiger partial charge in [0.2, 0.25) is 17.7 Å². The Morgan fingerprint density at radius 2 is 1.71 bits per heavy atom. The van der Waals surface area contributed by atoms with Gasteiger partial charge in [-0.3, -0.25) is 14.4 Å². The van der Waals surface area contributed by atoms with Crippen molar-refractivity contribution in [3.05, 3.63) is 49.6 Å². The third-order valence-corrected chi connectivity index (χ3v) is 12.4. The third kappa shape index (κ3) is 6.96. The normalized spacial score (nSPS) is 27.2. The van der Waals surface area contributed by atoms with E-state index in [2.05, 4.69) is 68.5 Å². The summed E-state index contributed by atoms with van der Waals surface area (Å²) in [5, 5.41) is 10.8. The second-order valence-electron chi connectivity index (χ2n) is 16.4. The molecule has 3 fully saturated rings. The Hall–Kier alpha value is -2.78. The Morgan fingerprint density at radius 1 is 1.08 bits per heavy atom. The average molecular weight is 682 g/mol. The van der Waals surface area contributed by atoms with Crippen LogP contribution in [-0.4, -0.2) is 86.0 Å². The van der Waals surface area contributed by atoms with Crippen LogP contribution < -0.4 is 9.64 Å². The maximum Gasteiger partial charge on any atom is 0.247 e. The maximum absolute atomic E-state index is 15.2. The van der Waals surface area contributed by atoms with Gasteiger partial charge in [0.05, 0.1) is 35.8 Å². The molecular formula is C39H59N3O5S. The zero-order valence-electron chi connectivity index (χ0n) is 30.8. The predicted molar refractivity (Wildman–Crippen MR) is 196 cm³/mol. The third-order valence-electron chi connectivity index (χ3n) is 10.4. The SMILES string of the molecule is C=CCN(C(=O)[C@@H]1[C@H]2C(=O)N([C@@H](CO)CC(C)C)C(C(=O)N(CC=C)C(C)(C)CC(C)(C)C)C23CC[C@@]1(C)S3)c1ccc(OCC)cc1. The molecule has 0 aromatic heterocycles. The fraction of sp³-hybridized carbons (Fsp3) is 0.667. The molecule has 3 aliphatic heterocycles. The van der Waals surface area contributed by atoms with Gasteiger partial charge in [-0.25, -0.2) is 0 Å². The largest absolute Gasteiger partial charge is 0.494 e. The Balaban J connectivity index is 1.85. The number of aliphatic hydroxyl groups is 1. The number of rotatable bonds is 15. The molecule has 4 rings (SSSR count). The van der Waals surface area contributed by atoms with Crippen molar-refractivity contribution in [1.29, 1.82) is 0 Å². The molecule has 3 aliphatic rings. The minimum Gasteiger partial charge on any atom is -0.494 e. The molecule has 0 saturated carbocycles. The number of carbonyl (C=O) groups excluding carboxylic acids is 3. The Labute approximate surface area is 293 Å². The first-order valence-corrected chi connectivity index (χ1v) is 18.4. The molecule has 3 heterocycles. The molecule has 9 heteroatoms. The van der Waals surface area contributed by atoms with Gasteiger partial charge in [0.1, 0.15) is 11.8 Å². The number of carbonyl (C=O) groups is 3. The van der Waals surface area contributed by atoms with Crippen molar-refractivity contribution in [1.82, 2.24) is 9.80 Å². The highest BCUT2D eigenvalue weighted by Gasteiger charge is 2.78. The van der Waals surface area contributed by atoms with Crippen LogP contribution in [0.1, 0.15) is 88.0 Å². The molecule has 1 aromatic rings. The van der Waals surface area contributed by atoms with Crippen molar-refractivity contribution in [3.8, 4) is 5.75 Å². The van der Waals surface area contributed by atoms with Crippen LogP contribution in [0.25, 0.3) is 0 Å². The minimum atomic E-state index is -0.812. The number of nitrogens with zero attached hydrogens (tertiary/aromatic N) is 3. The number of hydrogen-bond donors (Lipinski definition) is 1. The second-order valence-corrected chi connectivity index (χ2v) is 18.3. The molecule has 0 radical (unpaired) electrons. The van der Waals surface area contributed by atoms with Crippen molar-refractivity contribution in [2.75, 3.05) is 31.2 Å². The summed E-state index contributed by atoms with van der Waals surface area (Å²) in [7, 11) is 0. The number of likely N-dealkylation sites (tertiary alicyclic amines) is 1. The summed E-state index contributed by atoms with van der Waals surface area (Å²) in [5.41, 5.74) is 0.119. The summed E-state index contributed by atoms with van der Waals surface area (Å²) in [5.74, 6) is -0.898. The number of benzene rings is 1. The monoisotopic (exact) mass is 681 g/mol. The molecular weight excluding hydrogens is 623 g/mol. The summed E-state index contributed by atoms with van der Waals surface area (Å²) >= 11 is 1.67. The molecule has 266 valence electrons. The van der Waals surface area contributed by atoms with Crippen LogP contribution in [0.15, 0.2) is 49.6 Å². The first kappa shape index (κ1) is 38.0. The van der Waals surface area contributed by atoms with E-state index in [0.29, 0.717) is 38.1 Å². The van der Waals surface area contributed by atoms with Crippen LogP contribution in [0.4, 0.5) is 5.69 Å². The lowest BCUT2D eigenvalue weighted by molar-refractivity contribution is -0.149. The fourth-order valence-corrected chi connectivity index (χ4v) is 11.4. The summed E-state index contributed by atoms with van der Waals surface area (Å²) < 4.78 is 4.30. The van der Waals surface area contributed by atoms with Crippen LogP contribution in [0.3, 0.4) is 0 Å². The highest BCUT2D eigenvalue weighted by Crippen LogP contribution is 2.72. The van der Waals surface area contributed by atoms with E-state index in [1.807, 2.05) is 36.1 Å². The Kier molecular flexibility index (Phi) is 11.3. The molecule has 3 amide bonds. The van der Waals surface area contributed by atoms with E-state index in [1.54, 1.807) is 33.7 Å². The van der Waals surface area contributed by atoms with E-state index in [1.165, 1.54) is 0 Å². The van der Waals surface area contributed by atoms with Gasteiger partial charge in [0, 0.05) is 29.1 Å².